The standard InChI is InChI=1S/C17H15ClN4O3S2/c1-27(24,25)15-7-5-13(6-8-15)20-16(23)10-26-17-21-19-11-22(17)14-4-2-3-12(18)9-14/h2-9,11H,10H2,1H3,(H,20,23). The topological polar surface area (TPSA) is 93.9 Å². The van der Waals surface area contributed by atoms with Crippen LogP contribution in [0.2, 0.25) is 5.02 Å². The summed E-state index contributed by atoms with van der Waals surface area (Å²) in [5.74, 6) is -0.125. The molecule has 0 saturated carbocycles. The van der Waals surface area contributed by atoms with Crippen molar-refractivity contribution in [1.29, 1.82) is 0 Å². The highest BCUT2D eigenvalue weighted by molar-refractivity contribution is 7.99. The molecule has 140 valence electrons. The first-order valence-electron chi connectivity index (χ1n) is 7.72. The Kier molecular flexibility index (Phi) is 5.83. The molecule has 7 nitrogen and oxygen atoms in total. The molecule has 0 atom stereocenters. The zero-order valence-corrected chi connectivity index (χ0v) is 16.6. The molecule has 1 heterocycles. The van der Waals surface area contributed by atoms with Crippen LogP contribution in [0.3, 0.4) is 0 Å². The zero-order valence-electron chi connectivity index (χ0n) is 14.2. The van der Waals surface area contributed by atoms with Crippen LogP contribution in [-0.2, 0) is 14.6 Å². The van der Waals surface area contributed by atoms with Crippen LogP contribution in [-0.4, -0.2) is 41.1 Å². The molecule has 0 aliphatic heterocycles. The number of amides is 1. The Morgan fingerprint density at radius 3 is 2.63 bits per heavy atom. The molecular formula is C17H15ClN4O3S2. The highest BCUT2D eigenvalue weighted by atomic mass is 35.5. The minimum absolute atomic E-state index is 0.118. The molecule has 1 amide bonds. The third kappa shape index (κ3) is 5.09. The van der Waals surface area contributed by atoms with Gasteiger partial charge in [-0.15, -0.1) is 10.2 Å². The van der Waals surface area contributed by atoms with E-state index in [-0.39, 0.29) is 16.6 Å². The molecule has 0 bridgehead atoms. The van der Waals surface area contributed by atoms with Crippen LogP contribution >= 0.6 is 23.4 Å². The fraction of sp³-hybridized carbons (Fsp3) is 0.118. The maximum Gasteiger partial charge on any atom is 0.234 e. The lowest BCUT2D eigenvalue weighted by molar-refractivity contribution is -0.113. The van der Waals surface area contributed by atoms with Crippen LogP contribution < -0.4 is 5.32 Å². The summed E-state index contributed by atoms with van der Waals surface area (Å²) in [6.07, 6.45) is 2.68. The highest BCUT2D eigenvalue weighted by Gasteiger charge is 2.11. The van der Waals surface area contributed by atoms with Crippen LogP contribution in [0.1, 0.15) is 0 Å². The third-order valence-electron chi connectivity index (χ3n) is 3.50. The number of nitrogens with zero attached hydrogens (tertiary/aromatic N) is 3. The summed E-state index contributed by atoms with van der Waals surface area (Å²) in [4.78, 5) is 12.4. The lowest BCUT2D eigenvalue weighted by Gasteiger charge is -2.08. The average Bonchev–Trinajstić information content (AvgIpc) is 3.08. The quantitative estimate of drug-likeness (QED) is 0.613. The summed E-state index contributed by atoms with van der Waals surface area (Å²) in [6.45, 7) is 0. The summed E-state index contributed by atoms with van der Waals surface area (Å²) in [5.41, 5.74) is 1.32. The number of sulfone groups is 1. The van der Waals surface area contributed by atoms with Crippen molar-refractivity contribution in [3.05, 3.63) is 59.9 Å². The Morgan fingerprint density at radius 1 is 1.22 bits per heavy atom. The van der Waals surface area contributed by atoms with Crippen LogP contribution in [0, 0.1) is 0 Å². The van der Waals surface area contributed by atoms with Gasteiger partial charge < -0.3 is 5.32 Å². The molecule has 0 unspecified atom stereocenters. The van der Waals surface area contributed by atoms with E-state index in [1.54, 1.807) is 35.2 Å². The van der Waals surface area contributed by atoms with Gasteiger partial charge in [0.1, 0.15) is 6.33 Å². The molecule has 2 aromatic carbocycles. The number of thioether (sulfide) groups is 1. The first kappa shape index (κ1) is 19.4. The van der Waals surface area contributed by atoms with Gasteiger partial charge in [-0.05, 0) is 42.5 Å². The van der Waals surface area contributed by atoms with E-state index in [1.165, 1.54) is 23.9 Å². The molecule has 10 heteroatoms. The van der Waals surface area contributed by atoms with Crippen molar-refractivity contribution in [2.45, 2.75) is 10.1 Å². The van der Waals surface area contributed by atoms with Crippen molar-refractivity contribution < 1.29 is 13.2 Å². The first-order chi connectivity index (χ1) is 12.8. The van der Waals surface area contributed by atoms with Gasteiger partial charge in [0, 0.05) is 17.0 Å². The van der Waals surface area contributed by atoms with Gasteiger partial charge in [0.05, 0.1) is 16.3 Å². The summed E-state index contributed by atoms with van der Waals surface area (Å²) >= 11 is 7.24. The van der Waals surface area contributed by atoms with Gasteiger partial charge in [0.2, 0.25) is 5.91 Å². The Balaban J connectivity index is 1.63. The lowest BCUT2D eigenvalue weighted by Crippen LogP contribution is -2.14. The van der Waals surface area contributed by atoms with E-state index >= 15 is 0 Å². The predicted octanol–water partition coefficient (Wildman–Crippen LogP) is 3.06. The smallest absolute Gasteiger partial charge is 0.234 e. The Labute approximate surface area is 165 Å². The predicted molar refractivity (Wildman–Crippen MR) is 105 cm³/mol. The minimum Gasteiger partial charge on any atom is -0.325 e. The monoisotopic (exact) mass is 422 g/mol. The van der Waals surface area contributed by atoms with Gasteiger partial charge in [0.15, 0.2) is 15.0 Å². The number of carbonyl (C=O) groups is 1. The maximum absolute atomic E-state index is 12.2. The van der Waals surface area contributed by atoms with Crippen molar-refractivity contribution in [2.75, 3.05) is 17.3 Å². The van der Waals surface area contributed by atoms with Crippen molar-refractivity contribution in [3.63, 3.8) is 0 Å². The number of hydrogen-bond donors (Lipinski definition) is 1. The number of aromatic nitrogens is 3. The molecular weight excluding hydrogens is 408 g/mol. The SMILES string of the molecule is CS(=O)(=O)c1ccc(NC(=O)CSc2nncn2-c2cccc(Cl)c2)cc1. The summed E-state index contributed by atoms with van der Waals surface area (Å²) in [7, 11) is -3.27. The molecule has 0 radical (unpaired) electrons. The van der Waals surface area contributed by atoms with Gasteiger partial charge in [-0.2, -0.15) is 0 Å². The molecule has 0 fully saturated rings. The fourth-order valence-electron chi connectivity index (χ4n) is 2.24. The largest absolute Gasteiger partial charge is 0.325 e. The normalized spacial score (nSPS) is 11.3. The van der Waals surface area contributed by atoms with E-state index in [0.29, 0.717) is 15.9 Å². The van der Waals surface area contributed by atoms with Gasteiger partial charge in [-0.1, -0.05) is 29.4 Å². The van der Waals surface area contributed by atoms with E-state index < -0.39 is 9.84 Å². The lowest BCUT2D eigenvalue weighted by atomic mass is 10.3. The second-order valence-electron chi connectivity index (χ2n) is 5.60. The third-order valence-corrected chi connectivity index (χ3v) is 5.81. The molecule has 3 aromatic rings. The second kappa shape index (κ2) is 8.12. The average molecular weight is 423 g/mol. The van der Waals surface area contributed by atoms with E-state index in [1.807, 2.05) is 12.1 Å². The van der Waals surface area contributed by atoms with Gasteiger partial charge in [-0.25, -0.2) is 8.42 Å². The number of anilines is 1. The summed E-state index contributed by atoms with van der Waals surface area (Å²) in [6, 6.07) is 13.2. The fourth-order valence-corrected chi connectivity index (χ4v) is 3.78. The van der Waals surface area contributed by atoms with Gasteiger partial charge in [0.25, 0.3) is 0 Å². The molecule has 0 aliphatic rings. The van der Waals surface area contributed by atoms with Crippen molar-refractivity contribution in [3.8, 4) is 5.69 Å². The number of benzene rings is 2. The molecule has 0 saturated heterocycles. The summed E-state index contributed by atoms with van der Waals surface area (Å²) < 4.78 is 24.7. The van der Waals surface area contributed by atoms with Gasteiger partial charge in [-0.3, -0.25) is 9.36 Å². The molecule has 27 heavy (non-hydrogen) atoms. The van der Waals surface area contributed by atoms with Crippen molar-refractivity contribution >= 4 is 44.8 Å². The first-order valence-corrected chi connectivity index (χ1v) is 11.0. The number of hydrogen-bond acceptors (Lipinski definition) is 6. The Morgan fingerprint density at radius 2 is 1.96 bits per heavy atom. The highest BCUT2D eigenvalue weighted by Crippen LogP contribution is 2.22. The minimum atomic E-state index is -3.27. The zero-order chi connectivity index (χ0) is 19.4. The summed E-state index contributed by atoms with van der Waals surface area (Å²) in [5, 5.41) is 11.8. The van der Waals surface area contributed by atoms with E-state index in [2.05, 4.69) is 15.5 Å². The maximum atomic E-state index is 12.2. The Bertz CT molecular complexity index is 1070. The van der Waals surface area contributed by atoms with E-state index in [4.69, 9.17) is 11.6 Å². The van der Waals surface area contributed by atoms with Crippen LogP contribution in [0.5, 0.6) is 0 Å². The van der Waals surface area contributed by atoms with Crippen molar-refractivity contribution in [2.24, 2.45) is 0 Å². The molecule has 0 aliphatic carbocycles. The number of halogens is 1. The number of nitrogens with one attached hydrogen (secondary N) is 1. The van der Waals surface area contributed by atoms with Crippen LogP contribution in [0.4, 0.5) is 5.69 Å². The number of rotatable bonds is 6. The Hall–Kier alpha value is -2.36. The second-order valence-corrected chi connectivity index (χ2v) is 8.99. The number of carbonyl (C=O) groups excluding carboxylic acids is 1. The van der Waals surface area contributed by atoms with Gasteiger partial charge >= 0.3 is 0 Å². The van der Waals surface area contributed by atoms with Crippen LogP contribution in [0.15, 0.2) is 64.9 Å². The van der Waals surface area contributed by atoms with E-state index in [0.717, 1.165) is 11.9 Å². The molecule has 1 N–H and O–H groups in total. The van der Waals surface area contributed by atoms with Crippen LogP contribution in [0.25, 0.3) is 5.69 Å². The molecule has 3 rings (SSSR count). The van der Waals surface area contributed by atoms with E-state index in [9.17, 15) is 13.2 Å². The van der Waals surface area contributed by atoms with Crippen molar-refractivity contribution in [1.82, 2.24) is 14.8 Å². The molecule has 1 aromatic heterocycles. The molecule has 0 spiro atoms.